The third-order valence-electron chi connectivity index (χ3n) is 7.04. The highest BCUT2D eigenvalue weighted by atomic mass is 16.5. The van der Waals surface area contributed by atoms with Crippen LogP contribution in [0.3, 0.4) is 0 Å². The molecule has 1 saturated carbocycles. The number of carboxylic acids is 1. The lowest BCUT2D eigenvalue weighted by Gasteiger charge is -2.51. The van der Waals surface area contributed by atoms with Gasteiger partial charge in [0.15, 0.2) is 0 Å². The van der Waals surface area contributed by atoms with Gasteiger partial charge in [-0.15, -0.1) is 0 Å². The highest BCUT2D eigenvalue weighted by Gasteiger charge is 2.60. The zero-order valence-corrected chi connectivity index (χ0v) is 17.9. The quantitative estimate of drug-likeness (QED) is 0.690. The van der Waals surface area contributed by atoms with Crippen molar-refractivity contribution in [1.29, 1.82) is 0 Å². The lowest BCUT2D eigenvalue weighted by atomic mass is 9.66. The first-order valence-corrected chi connectivity index (χ1v) is 10.9. The van der Waals surface area contributed by atoms with Crippen LogP contribution < -0.4 is 0 Å². The van der Waals surface area contributed by atoms with Crippen LogP contribution in [0.1, 0.15) is 51.2 Å². The molecule has 0 radical (unpaired) electrons. The van der Waals surface area contributed by atoms with Crippen molar-refractivity contribution in [1.82, 2.24) is 4.90 Å². The van der Waals surface area contributed by atoms with Gasteiger partial charge in [-0.05, 0) is 50.3 Å². The molecule has 0 spiro atoms. The minimum atomic E-state index is -1.25. The summed E-state index contributed by atoms with van der Waals surface area (Å²) in [5, 5.41) is 9.40. The molecule has 1 aliphatic carbocycles. The van der Waals surface area contributed by atoms with Crippen molar-refractivity contribution >= 4 is 17.8 Å². The number of aliphatic carboxylic acids is 1. The Kier molecular flexibility index (Phi) is 5.92. The monoisotopic (exact) mass is 431 g/mol. The summed E-state index contributed by atoms with van der Waals surface area (Å²) in [5.74, 6) is -1.88. The molecular formula is C23H29NO7. The molecule has 1 aromatic rings. The molecule has 0 aromatic carbocycles. The number of carbonyl (C=O) groups is 3. The molecule has 8 heteroatoms. The Hall–Kier alpha value is -2.61. The fraction of sp³-hybridized carbons (Fsp3) is 0.609. The number of likely N-dealkylation sites (tertiary alicyclic amines) is 1. The maximum Gasteiger partial charge on any atom is 0.320 e. The first-order valence-electron chi connectivity index (χ1n) is 10.9. The molecule has 3 aliphatic rings. The number of amides is 1. The molecule has 1 aromatic heterocycles. The molecule has 1 amide bonds. The topological polar surface area (TPSA) is 106 Å². The molecule has 4 atom stereocenters. The molecule has 1 N–H and O–H groups in total. The molecule has 4 rings (SSSR count). The van der Waals surface area contributed by atoms with E-state index in [4.69, 9.17) is 13.9 Å². The Morgan fingerprint density at radius 2 is 2.06 bits per heavy atom. The molecule has 1 saturated heterocycles. The summed E-state index contributed by atoms with van der Waals surface area (Å²) < 4.78 is 17.0. The molecule has 168 valence electrons. The number of nitrogens with zero attached hydrogens (tertiary/aromatic N) is 1. The number of fused-ring (bicyclic) bond motifs is 1. The lowest BCUT2D eigenvalue weighted by molar-refractivity contribution is -0.178. The average Bonchev–Trinajstić information content (AvgIpc) is 3.44. The van der Waals surface area contributed by atoms with Gasteiger partial charge < -0.3 is 23.9 Å². The number of rotatable bonds is 6. The van der Waals surface area contributed by atoms with Crippen LogP contribution in [0.2, 0.25) is 0 Å². The molecule has 2 fully saturated rings. The summed E-state index contributed by atoms with van der Waals surface area (Å²) in [6, 6.07) is 3.49. The lowest BCUT2D eigenvalue weighted by Crippen LogP contribution is -2.60. The number of carbonyl (C=O) groups excluding carboxylic acids is 2. The van der Waals surface area contributed by atoms with Gasteiger partial charge in [-0.2, -0.15) is 0 Å². The van der Waals surface area contributed by atoms with E-state index in [1.165, 1.54) is 18.3 Å². The van der Waals surface area contributed by atoms with Gasteiger partial charge in [0.2, 0.25) is 5.91 Å². The SMILES string of the molecule is COC(=O)[C@@]12C[C@H](CC(=O)O)C(=O)N(Cc3ccco3)C1=C[C@@H](C1CCCC1)O[C@H]2C. The molecule has 0 unspecified atom stereocenters. The summed E-state index contributed by atoms with van der Waals surface area (Å²) in [4.78, 5) is 39.6. The van der Waals surface area contributed by atoms with Gasteiger partial charge in [-0.3, -0.25) is 14.4 Å². The van der Waals surface area contributed by atoms with Crippen molar-refractivity contribution in [3.63, 3.8) is 0 Å². The van der Waals surface area contributed by atoms with Crippen molar-refractivity contribution in [3.8, 4) is 0 Å². The van der Waals surface area contributed by atoms with Crippen molar-refractivity contribution < 1.29 is 33.4 Å². The Morgan fingerprint density at radius 1 is 1.32 bits per heavy atom. The first kappa shape index (κ1) is 21.6. The zero-order chi connectivity index (χ0) is 22.2. The Bertz CT molecular complexity index is 870. The highest BCUT2D eigenvalue weighted by Crippen LogP contribution is 2.52. The third kappa shape index (κ3) is 3.78. The second-order valence-electron chi connectivity index (χ2n) is 8.80. The summed E-state index contributed by atoms with van der Waals surface area (Å²) >= 11 is 0. The largest absolute Gasteiger partial charge is 0.481 e. The number of ether oxygens (including phenoxy) is 2. The van der Waals surface area contributed by atoms with E-state index in [0.717, 1.165) is 25.7 Å². The van der Waals surface area contributed by atoms with Crippen LogP contribution in [-0.2, 0) is 30.4 Å². The zero-order valence-electron chi connectivity index (χ0n) is 17.9. The van der Waals surface area contributed by atoms with Gasteiger partial charge in [-0.1, -0.05) is 12.8 Å². The van der Waals surface area contributed by atoms with Crippen molar-refractivity contribution in [2.75, 3.05) is 7.11 Å². The van der Waals surface area contributed by atoms with Crippen LogP contribution in [0.4, 0.5) is 0 Å². The normalized spacial score (nSPS) is 31.3. The second kappa shape index (κ2) is 8.49. The Balaban J connectivity index is 1.82. The van der Waals surface area contributed by atoms with E-state index in [2.05, 4.69) is 0 Å². The summed E-state index contributed by atoms with van der Waals surface area (Å²) in [5.41, 5.74) is -0.692. The number of esters is 1. The number of hydrogen-bond acceptors (Lipinski definition) is 6. The summed E-state index contributed by atoms with van der Waals surface area (Å²) in [6.45, 7) is 1.95. The van der Waals surface area contributed by atoms with Crippen LogP contribution >= 0.6 is 0 Å². The van der Waals surface area contributed by atoms with Crippen LogP contribution in [0, 0.1) is 17.3 Å². The molecule has 3 heterocycles. The van der Waals surface area contributed by atoms with E-state index >= 15 is 0 Å². The Labute approximate surface area is 181 Å². The number of piperidine rings is 1. The van der Waals surface area contributed by atoms with Crippen molar-refractivity contribution in [3.05, 3.63) is 35.9 Å². The molecule has 31 heavy (non-hydrogen) atoms. The first-order chi connectivity index (χ1) is 14.9. The average molecular weight is 431 g/mol. The van der Waals surface area contributed by atoms with Gasteiger partial charge in [0.25, 0.3) is 0 Å². The van der Waals surface area contributed by atoms with Gasteiger partial charge in [0, 0.05) is 5.70 Å². The van der Waals surface area contributed by atoms with Crippen LogP contribution in [0.15, 0.2) is 34.6 Å². The van der Waals surface area contributed by atoms with Crippen molar-refractivity contribution in [2.24, 2.45) is 17.3 Å². The van der Waals surface area contributed by atoms with E-state index in [1.54, 1.807) is 12.1 Å². The number of methoxy groups -OCH3 is 1. The van der Waals surface area contributed by atoms with Crippen molar-refractivity contribution in [2.45, 2.75) is 64.2 Å². The molecule has 8 nitrogen and oxygen atoms in total. The summed E-state index contributed by atoms with van der Waals surface area (Å²) in [6.07, 6.45) is 6.71. The van der Waals surface area contributed by atoms with Gasteiger partial charge in [0.1, 0.15) is 11.2 Å². The van der Waals surface area contributed by atoms with E-state index in [9.17, 15) is 19.5 Å². The van der Waals surface area contributed by atoms with Gasteiger partial charge in [0.05, 0.1) is 44.5 Å². The minimum absolute atomic E-state index is 0.0455. The Morgan fingerprint density at radius 3 is 2.68 bits per heavy atom. The maximum absolute atomic E-state index is 13.4. The predicted octanol–water partition coefficient (Wildman–Crippen LogP) is 3.12. The fourth-order valence-electron chi connectivity index (χ4n) is 5.48. The number of furan rings is 1. The van der Waals surface area contributed by atoms with Crippen LogP contribution in [0.5, 0.6) is 0 Å². The van der Waals surface area contributed by atoms with Gasteiger partial charge >= 0.3 is 11.9 Å². The third-order valence-corrected chi connectivity index (χ3v) is 7.04. The van der Waals surface area contributed by atoms with E-state index in [0.29, 0.717) is 17.4 Å². The minimum Gasteiger partial charge on any atom is -0.481 e. The maximum atomic E-state index is 13.4. The molecule has 2 aliphatic heterocycles. The summed E-state index contributed by atoms with van der Waals surface area (Å²) in [7, 11) is 1.31. The number of carboxylic acid groups (broad SMARTS) is 1. The van der Waals surface area contributed by atoms with E-state index in [-0.39, 0.29) is 31.4 Å². The standard InChI is InChI=1S/C23H29NO7/c1-14-23(22(28)29-2)12-16(10-20(25)26)21(27)24(13-17-8-5-9-30-17)19(23)11-18(31-14)15-6-3-4-7-15/h5,8-9,11,14-16,18H,3-4,6-7,10,12-13H2,1-2H3,(H,25,26)/t14-,16-,18-,23+/m0/s1. The fourth-order valence-corrected chi connectivity index (χ4v) is 5.48. The second-order valence-corrected chi connectivity index (χ2v) is 8.80. The molecular weight excluding hydrogens is 402 g/mol. The van der Waals surface area contributed by atoms with Crippen LogP contribution in [0.25, 0.3) is 0 Å². The molecule has 0 bridgehead atoms. The highest BCUT2D eigenvalue weighted by molar-refractivity contribution is 5.91. The smallest absolute Gasteiger partial charge is 0.320 e. The van der Waals surface area contributed by atoms with Crippen LogP contribution in [-0.4, -0.2) is 47.2 Å². The number of hydrogen-bond donors (Lipinski definition) is 1. The van der Waals surface area contributed by atoms with E-state index < -0.39 is 29.4 Å². The van der Waals surface area contributed by atoms with E-state index in [1.807, 2.05) is 13.0 Å². The van der Waals surface area contributed by atoms with Gasteiger partial charge in [-0.25, -0.2) is 0 Å². The predicted molar refractivity (Wildman–Crippen MR) is 108 cm³/mol.